The Morgan fingerprint density at radius 2 is 1.97 bits per heavy atom. The minimum atomic E-state index is 0.282. The maximum atomic E-state index is 8.41. The van der Waals surface area contributed by atoms with Crippen LogP contribution >= 0.6 is 11.6 Å². The number of nitrogens with zero attached hydrogens (tertiary/aromatic N) is 2. The van der Waals surface area contributed by atoms with Crippen molar-refractivity contribution in [2.24, 2.45) is 0 Å². The Balaban J connectivity index is 1.59. The van der Waals surface area contributed by atoms with Gasteiger partial charge in [0.25, 0.3) is 0 Å². The average molecular weight is 417 g/mol. The van der Waals surface area contributed by atoms with E-state index in [1.54, 1.807) is 12.4 Å². The van der Waals surface area contributed by atoms with Gasteiger partial charge in [-0.3, -0.25) is 5.41 Å². The monoisotopic (exact) mass is 416 g/mol. The molecule has 30 heavy (non-hydrogen) atoms. The molecule has 0 amide bonds. The number of aromatic amines is 1. The van der Waals surface area contributed by atoms with Gasteiger partial charge in [0.05, 0.1) is 23.1 Å². The predicted molar refractivity (Wildman–Crippen MR) is 123 cm³/mol. The van der Waals surface area contributed by atoms with Crippen LogP contribution in [0.3, 0.4) is 0 Å². The zero-order chi connectivity index (χ0) is 20.9. The summed E-state index contributed by atoms with van der Waals surface area (Å²) in [5, 5.41) is 15.6. The Morgan fingerprint density at radius 1 is 1.13 bits per heavy atom. The van der Waals surface area contributed by atoms with Gasteiger partial charge in [-0.25, -0.2) is 9.97 Å². The highest BCUT2D eigenvalue weighted by Gasteiger charge is 2.08. The number of hydrogen-bond acceptors (Lipinski definition) is 4. The average Bonchev–Trinajstić information content (AvgIpc) is 3.21. The fourth-order valence-electron chi connectivity index (χ4n) is 3.04. The molecule has 2 aromatic carbocycles. The molecule has 0 atom stereocenters. The van der Waals surface area contributed by atoms with Crippen molar-refractivity contribution in [2.75, 3.05) is 5.32 Å². The van der Waals surface area contributed by atoms with Crippen molar-refractivity contribution in [2.45, 2.75) is 13.5 Å². The lowest BCUT2D eigenvalue weighted by molar-refractivity contribution is 0.912. The first-order chi connectivity index (χ1) is 14.6. The number of imidazole rings is 1. The second kappa shape index (κ2) is 8.80. The molecule has 7 heteroatoms. The fraction of sp³-hybridized carbons (Fsp3) is 0.0870. The van der Waals surface area contributed by atoms with Gasteiger partial charge in [0.2, 0.25) is 0 Å². The Labute approximate surface area is 179 Å². The second-order valence-corrected chi connectivity index (χ2v) is 7.31. The Kier molecular flexibility index (Phi) is 5.77. The highest BCUT2D eigenvalue weighted by Crippen LogP contribution is 2.21. The lowest BCUT2D eigenvalue weighted by atomic mass is 10.1. The molecule has 2 aromatic heterocycles. The van der Waals surface area contributed by atoms with Gasteiger partial charge in [0.15, 0.2) is 0 Å². The van der Waals surface area contributed by atoms with E-state index in [1.807, 2.05) is 67.6 Å². The van der Waals surface area contributed by atoms with Crippen molar-refractivity contribution in [1.82, 2.24) is 20.3 Å². The Bertz CT molecular complexity index is 1210. The zero-order valence-corrected chi connectivity index (χ0v) is 17.2. The van der Waals surface area contributed by atoms with Crippen LogP contribution in [0.25, 0.3) is 16.7 Å². The molecule has 0 aliphatic heterocycles. The molecule has 2 heterocycles. The van der Waals surface area contributed by atoms with Crippen molar-refractivity contribution in [3.05, 3.63) is 94.9 Å². The molecule has 0 saturated heterocycles. The lowest BCUT2D eigenvalue weighted by Gasteiger charge is -2.13. The molecule has 4 rings (SSSR count). The number of halogens is 1. The van der Waals surface area contributed by atoms with Crippen LogP contribution in [0.2, 0.25) is 5.02 Å². The van der Waals surface area contributed by atoms with Crippen molar-refractivity contribution in [3.8, 4) is 0 Å². The third kappa shape index (κ3) is 4.85. The highest BCUT2D eigenvalue weighted by molar-refractivity contribution is 6.30. The van der Waals surface area contributed by atoms with Crippen LogP contribution in [0.15, 0.2) is 73.1 Å². The Morgan fingerprint density at radius 3 is 2.77 bits per heavy atom. The smallest absolute Gasteiger partial charge is 0.130 e. The van der Waals surface area contributed by atoms with Crippen molar-refractivity contribution in [3.63, 3.8) is 0 Å². The summed E-state index contributed by atoms with van der Waals surface area (Å²) in [5.74, 6) is 1.00. The van der Waals surface area contributed by atoms with Crippen molar-refractivity contribution < 1.29 is 0 Å². The summed E-state index contributed by atoms with van der Waals surface area (Å²) in [6.45, 7) is 2.48. The lowest BCUT2D eigenvalue weighted by Crippen LogP contribution is -2.21. The molecule has 0 radical (unpaired) electrons. The molecule has 4 N–H and O–H groups in total. The maximum Gasteiger partial charge on any atom is 0.130 e. The molecule has 6 nitrogen and oxygen atoms in total. The topological polar surface area (TPSA) is 89.5 Å². The molecule has 0 fully saturated rings. The van der Waals surface area contributed by atoms with E-state index < -0.39 is 0 Å². The fourth-order valence-corrected chi connectivity index (χ4v) is 3.17. The predicted octanol–water partition coefficient (Wildman–Crippen LogP) is 5.14. The van der Waals surface area contributed by atoms with E-state index in [2.05, 4.69) is 25.6 Å². The number of pyridine rings is 1. The summed E-state index contributed by atoms with van der Waals surface area (Å²) in [5.41, 5.74) is 5.47. The first kappa shape index (κ1) is 19.7. The zero-order valence-electron chi connectivity index (χ0n) is 16.4. The second-order valence-electron chi connectivity index (χ2n) is 6.88. The van der Waals surface area contributed by atoms with E-state index in [9.17, 15) is 0 Å². The van der Waals surface area contributed by atoms with Gasteiger partial charge in [0.1, 0.15) is 11.7 Å². The molecule has 0 bridgehead atoms. The molecular formula is C23H21ClN6. The number of aryl methyl sites for hydroxylation is 1. The van der Waals surface area contributed by atoms with Crippen LogP contribution in [0.1, 0.15) is 16.8 Å². The van der Waals surface area contributed by atoms with E-state index in [0.29, 0.717) is 11.6 Å². The van der Waals surface area contributed by atoms with Crippen LogP contribution < -0.4 is 10.6 Å². The van der Waals surface area contributed by atoms with Gasteiger partial charge < -0.3 is 15.6 Å². The number of fused-ring (bicyclic) bond motifs is 1. The minimum absolute atomic E-state index is 0.282. The van der Waals surface area contributed by atoms with E-state index in [1.165, 1.54) is 0 Å². The van der Waals surface area contributed by atoms with E-state index in [0.717, 1.165) is 39.4 Å². The van der Waals surface area contributed by atoms with Gasteiger partial charge in [-0.05, 0) is 48.9 Å². The first-order valence-corrected chi connectivity index (χ1v) is 9.87. The molecule has 4 aromatic rings. The number of amidine groups is 1. The van der Waals surface area contributed by atoms with Gasteiger partial charge in [-0.15, -0.1) is 0 Å². The Hall–Kier alpha value is -3.64. The summed E-state index contributed by atoms with van der Waals surface area (Å²) in [4.78, 5) is 11.9. The summed E-state index contributed by atoms with van der Waals surface area (Å²) in [6, 6.07) is 19.3. The first-order valence-electron chi connectivity index (χ1n) is 9.49. The van der Waals surface area contributed by atoms with E-state index in [-0.39, 0.29) is 5.84 Å². The van der Waals surface area contributed by atoms with E-state index in [4.69, 9.17) is 17.0 Å². The number of benzene rings is 2. The van der Waals surface area contributed by atoms with Gasteiger partial charge in [-0.2, -0.15) is 0 Å². The van der Waals surface area contributed by atoms with Crippen LogP contribution in [0.5, 0.6) is 0 Å². The summed E-state index contributed by atoms with van der Waals surface area (Å²) in [7, 11) is 0. The van der Waals surface area contributed by atoms with E-state index >= 15 is 0 Å². The van der Waals surface area contributed by atoms with Gasteiger partial charge >= 0.3 is 0 Å². The number of hydrogen-bond donors (Lipinski definition) is 4. The molecule has 150 valence electrons. The molecule has 0 spiro atoms. The highest BCUT2D eigenvalue weighted by atomic mass is 35.5. The molecule has 0 aliphatic rings. The molecule has 0 unspecified atom stereocenters. The number of aromatic nitrogens is 3. The minimum Gasteiger partial charge on any atom is -0.366 e. The standard InChI is InChI=1S/C23H21ClN6/c1-15-3-2-4-23(29-15)30-20(17-7-10-19-21(11-17)28-14-27-19)12-22(25)26-13-16-5-8-18(24)9-6-16/h2-12,14H,13H2,1H3,(H2,25,26)(H,27,28)(H,29,30)/b20-12-. The van der Waals surface area contributed by atoms with Gasteiger partial charge in [-0.1, -0.05) is 35.9 Å². The third-order valence-electron chi connectivity index (χ3n) is 4.57. The van der Waals surface area contributed by atoms with Crippen LogP contribution in [0.4, 0.5) is 5.82 Å². The van der Waals surface area contributed by atoms with Crippen LogP contribution in [-0.4, -0.2) is 20.8 Å². The van der Waals surface area contributed by atoms with Crippen molar-refractivity contribution in [1.29, 1.82) is 5.41 Å². The quantitative estimate of drug-likeness (QED) is 0.259. The number of rotatable bonds is 6. The number of H-pyrrole nitrogens is 1. The number of anilines is 1. The molecular weight excluding hydrogens is 396 g/mol. The van der Waals surface area contributed by atoms with Gasteiger partial charge in [0, 0.05) is 28.9 Å². The number of nitrogens with one attached hydrogen (secondary N) is 4. The maximum absolute atomic E-state index is 8.41. The van der Waals surface area contributed by atoms with Crippen LogP contribution in [-0.2, 0) is 6.54 Å². The van der Waals surface area contributed by atoms with Crippen LogP contribution in [0, 0.1) is 12.3 Å². The molecule has 0 saturated carbocycles. The van der Waals surface area contributed by atoms with Crippen molar-refractivity contribution >= 4 is 40.0 Å². The summed E-state index contributed by atoms with van der Waals surface area (Å²) in [6.07, 6.45) is 3.43. The SMILES string of the molecule is Cc1cccc(N/C(=C\C(=N)NCc2ccc(Cl)cc2)c2ccc3nc[nH]c3c2)n1. The summed E-state index contributed by atoms with van der Waals surface area (Å²) < 4.78 is 0. The normalized spacial score (nSPS) is 11.5. The summed E-state index contributed by atoms with van der Waals surface area (Å²) >= 11 is 5.94. The largest absolute Gasteiger partial charge is 0.366 e. The molecule has 0 aliphatic carbocycles. The third-order valence-corrected chi connectivity index (χ3v) is 4.82.